The summed E-state index contributed by atoms with van der Waals surface area (Å²) in [5.74, 6) is 0. The molecule has 0 bridgehead atoms. The predicted octanol–water partition coefficient (Wildman–Crippen LogP) is 2.21. The molecule has 1 rings (SSSR count). The first kappa shape index (κ1) is 14.1. The van der Waals surface area contributed by atoms with E-state index in [1.165, 1.54) is 25.0 Å². The summed E-state index contributed by atoms with van der Waals surface area (Å²) >= 11 is 0. The molecule has 96 valence electrons. The molecule has 0 saturated carbocycles. The Hall–Kier alpha value is -0.930. The molecule has 17 heavy (non-hydrogen) atoms. The molecular formula is C14H25N3. The minimum atomic E-state index is 0.952. The van der Waals surface area contributed by atoms with Crippen LogP contribution in [0.25, 0.3) is 0 Å². The van der Waals surface area contributed by atoms with E-state index in [1.54, 1.807) is 0 Å². The van der Waals surface area contributed by atoms with Gasteiger partial charge in [0.2, 0.25) is 0 Å². The summed E-state index contributed by atoms with van der Waals surface area (Å²) in [6, 6.07) is 6.23. The Morgan fingerprint density at radius 2 is 2.06 bits per heavy atom. The quantitative estimate of drug-likeness (QED) is 0.700. The van der Waals surface area contributed by atoms with Gasteiger partial charge in [-0.2, -0.15) is 0 Å². The Morgan fingerprint density at radius 1 is 1.24 bits per heavy atom. The molecule has 3 nitrogen and oxygen atoms in total. The number of nitrogens with one attached hydrogen (secondary N) is 1. The standard InChI is InChI=1S/C14H25N3/c1-13-8-7-9-14(16-13)12-17(3)11-6-4-5-10-15-2/h7-9,15H,4-6,10-12H2,1-3H3. The smallest absolute Gasteiger partial charge is 0.0547 e. The second-order valence-corrected chi connectivity index (χ2v) is 4.67. The van der Waals surface area contributed by atoms with Crippen molar-refractivity contribution >= 4 is 0 Å². The van der Waals surface area contributed by atoms with Crippen LogP contribution >= 0.6 is 0 Å². The van der Waals surface area contributed by atoms with E-state index in [1.807, 2.05) is 20.0 Å². The molecule has 0 aliphatic carbocycles. The molecule has 1 aromatic rings. The fourth-order valence-corrected chi connectivity index (χ4v) is 1.90. The van der Waals surface area contributed by atoms with Crippen molar-refractivity contribution in [2.24, 2.45) is 0 Å². The lowest BCUT2D eigenvalue weighted by molar-refractivity contribution is 0.313. The van der Waals surface area contributed by atoms with Gasteiger partial charge in [0.1, 0.15) is 0 Å². The molecule has 0 fully saturated rings. The van der Waals surface area contributed by atoms with Gasteiger partial charge in [-0.15, -0.1) is 0 Å². The van der Waals surface area contributed by atoms with Crippen molar-refractivity contribution in [3.05, 3.63) is 29.6 Å². The largest absolute Gasteiger partial charge is 0.320 e. The highest BCUT2D eigenvalue weighted by Gasteiger charge is 2.01. The van der Waals surface area contributed by atoms with Gasteiger partial charge < -0.3 is 10.2 Å². The molecule has 1 aromatic heterocycles. The van der Waals surface area contributed by atoms with E-state index in [2.05, 4.69) is 34.4 Å². The lowest BCUT2D eigenvalue weighted by Gasteiger charge is -2.16. The van der Waals surface area contributed by atoms with Crippen molar-refractivity contribution in [3.63, 3.8) is 0 Å². The van der Waals surface area contributed by atoms with Gasteiger partial charge in [0.15, 0.2) is 0 Å². The van der Waals surface area contributed by atoms with Crippen molar-refractivity contribution in [2.75, 3.05) is 27.2 Å². The van der Waals surface area contributed by atoms with Crippen molar-refractivity contribution in [3.8, 4) is 0 Å². The molecule has 0 saturated heterocycles. The topological polar surface area (TPSA) is 28.2 Å². The molecule has 1 heterocycles. The van der Waals surface area contributed by atoms with Gasteiger partial charge in [-0.05, 0) is 59.1 Å². The van der Waals surface area contributed by atoms with Crippen LogP contribution in [0.5, 0.6) is 0 Å². The maximum atomic E-state index is 4.52. The number of pyridine rings is 1. The van der Waals surface area contributed by atoms with E-state index in [4.69, 9.17) is 0 Å². The van der Waals surface area contributed by atoms with Crippen LogP contribution in [-0.4, -0.2) is 37.1 Å². The fraction of sp³-hybridized carbons (Fsp3) is 0.643. The first-order valence-electron chi connectivity index (χ1n) is 6.48. The minimum Gasteiger partial charge on any atom is -0.320 e. The molecule has 0 amide bonds. The molecule has 0 aliphatic rings. The van der Waals surface area contributed by atoms with Crippen molar-refractivity contribution < 1.29 is 0 Å². The highest BCUT2D eigenvalue weighted by molar-refractivity contribution is 5.09. The fourth-order valence-electron chi connectivity index (χ4n) is 1.90. The molecule has 0 aliphatic heterocycles. The Labute approximate surface area is 105 Å². The van der Waals surface area contributed by atoms with Gasteiger partial charge in [-0.1, -0.05) is 12.5 Å². The summed E-state index contributed by atoms with van der Waals surface area (Å²) in [7, 11) is 4.18. The molecule has 0 atom stereocenters. The first-order valence-corrected chi connectivity index (χ1v) is 6.48. The summed E-state index contributed by atoms with van der Waals surface area (Å²) in [6.45, 7) is 5.28. The number of rotatable bonds is 8. The van der Waals surface area contributed by atoms with Crippen LogP contribution in [0, 0.1) is 6.92 Å². The third kappa shape index (κ3) is 6.39. The molecule has 0 unspecified atom stereocenters. The molecule has 0 aromatic carbocycles. The maximum absolute atomic E-state index is 4.52. The normalized spacial score (nSPS) is 11.1. The van der Waals surface area contributed by atoms with Crippen LogP contribution < -0.4 is 5.32 Å². The third-order valence-electron chi connectivity index (χ3n) is 2.84. The second kappa shape index (κ2) is 8.20. The van der Waals surface area contributed by atoms with Gasteiger partial charge in [0, 0.05) is 12.2 Å². The van der Waals surface area contributed by atoms with E-state index in [-0.39, 0.29) is 0 Å². The van der Waals surface area contributed by atoms with Gasteiger partial charge in [-0.25, -0.2) is 0 Å². The number of hydrogen-bond donors (Lipinski definition) is 1. The average molecular weight is 235 g/mol. The Morgan fingerprint density at radius 3 is 2.76 bits per heavy atom. The monoisotopic (exact) mass is 235 g/mol. The summed E-state index contributed by atoms with van der Waals surface area (Å²) in [5, 5.41) is 3.18. The molecule has 0 radical (unpaired) electrons. The van der Waals surface area contributed by atoms with Gasteiger partial charge >= 0.3 is 0 Å². The van der Waals surface area contributed by atoms with Crippen LogP contribution in [0.1, 0.15) is 30.7 Å². The van der Waals surface area contributed by atoms with Gasteiger partial charge in [0.05, 0.1) is 5.69 Å². The van der Waals surface area contributed by atoms with Gasteiger partial charge in [0.25, 0.3) is 0 Å². The number of unbranched alkanes of at least 4 members (excludes halogenated alkanes) is 2. The highest BCUT2D eigenvalue weighted by atomic mass is 15.1. The number of nitrogens with zero attached hydrogens (tertiary/aromatic N) is 2. The zero-order chi connectivity index (χ0) is 12.5. The van der Waals surface area contributed by atoms with Gasteiger partial charge in [-0.3, -0.25) is 4.98 Å². The zero-order valence-corrected chi connectivity index (χ0v) is 11.4. The van der Waals surface area contributed by atoms with E-state index in [0.29, 0.717) is 0 Å². The van der Waals surface area contributed by atoms with E-state index in [0.717, 1.165) is 25.3 Å². The molecule has 1 N–H and O–H groups in total. The molecule has 3 heteroatoms. The second-order valence-electron chi connectivity index (χ2n) is 4.67. The summed E-state index contributed by atoms with van der Waals surface area (Å²) in [6.07, 6.45) is 3.84. The SMILES string of the molecule is CNCCCCCN(C)Cc1cccc(C)n1. The van der Waals surface area contributed by atoms with E-state index in [9.17, 15) is 0 Å². The average Bonchev–Trinajstić information content (AvgIpc) is 2.29. The van der Waals surface area contributed by atoms with Crippen LogP contribution in [0.4, 0.5) is 0 Å². The number of hydrogen-bond acceptors (Lipinski definition) is 3. The number of aromatic nitrogens is 1. The predicted molar refractivity (Wildman–Crippen MR) is 73.1 cm³/mol. The lowest BCUT2D eigenvalue weighted by Crippen LogP contribution is -2.20. The summed E-state index contributed by atoms with van der Waals surface area (Å²) in [5.41, 5.74) is 2.27. The number of aryl methyl sites for hydroxylation is 1. The lowest BCUT2D eigenvalue weighted by atomic mass is 10.2. The summed E-state index contributed by atoms with van der Waals surface area (Å²) < 4.78 is 0. The Balaban J connectivity index is 2.18. The molecular weight excluding hydrogens is 210 g/mol. The summed E-state index contributed by atoms with van der Waals surface area (Å²) in [4.78, 5) is 6.87. The highest BCUT2D eigenvalue weighted by Crippen LogP contribution is 2.03. The van der Waals surface area contributed by atoms with Crippen molar-refractivity contribution in [2.45, 2.75) is 32.7 Å². The maximum Gasteiger partial charge on any atom is 0.0547 e. The van der Waals surface area contributed by atoms with E-state index < -0.39 is 0 Å². The molecule has 0 spiro atoms. The van der Waals surface area contributed by atoms with Crippen molar-refractivity contribution in [1.82, 2.24) is 15.2 Å². The van der Waals surface area contributed by atoms with Crippen LogP contribution in [0.15, 0.2) is 18.2 Å². The van der Waals surface area contributed by atoms with Crippen LogP contribution in [0.2, 0.25) is 0 Å². The Bertz CT molecular complexity index is 312. The Kier molecular flexibility index (Phi) is 6.82. The third-order valence-corrected chi connectivity index (χ3v) is 2.84. The van der Waals surface area contributed by atoms with Crippen LogP contribution in [0.3, 0.4) is 0 Å². The van der Waals surface area contributed by atoms with E-state index >= 15 is 0 Å². The zero-order valence-electron chi connectivity index (χ0n) is 11.4. The van der Waals surface area contributed by atoms with Crippen LogP contribution in [-0.2, 0) is 6.54 Å². The van der Waals surface area contributed by atoms with Crippen molar-refractivity contribution in [1.29, 1.82) is 0 Å². The minimum absolute atomic E-state index is 0.952. The first-order chi connectivity index (χ1) is 8.22.